The number of nitrogens with one attached hydrogen (secondary N) is 1. The molecule has 32 heavy (non-hydrogen) atoms. The van der Waals surface area contributed by atoms with Gasteiger partial charge < -0.3 is 10.2 Å². The summed E-state index contributed by atoms with van der Waals surface area (Å²) in [6.45, 7) is 6.15. The molecule has 4 rings (SSSR count). The Bertz CT molecular complexity index is 1340. The van der Waals surface area contributed by atoms with Crippen molar-refractivity contribution in [1.82, 2.24) is 10.2 Å². The minimum Gasteiger partial charge on any atom is -0.367 e. The van der Waals surface area contributed by atoms with Crippen molar-refractivity contribution in [3.8, 4) is 6.07 Å². The first-order valence-corrected chi connectivity index (χ1v) is 12.2. The third kappa shape index (κ3) is 4.10. The van der Waals surface area contributed by atoms with E-state index < -0.39 is 15.7 Å². The van der Waals surface area contributed by atoms with Crippen molar-refractivity contribution in [2.75, 3.05) is 34.8 Å². The van der Waals surface area contributed by atoms with Crippen LogP contribution in [0.5, 0.6) is 0 Å². The van der Waals surface area contributed by atoms with E-state index in [1.165, 1.54) is 6.07 Å². The van der Waals surface area contributed by atoms with Crippen LogP contribution in [0.1, 0.15) is 35.3 Å². The van der Waals surface area contributed by atoms with Crippen LogP contribution in [0.3, 0.4) is 0 Å². The summed E-state index contributed by atoms with van der Waals surface area (Å²) in [6, 6.07) is 10.8. The summed E-state index contributed by atoms with van der Waals surface area (Å²) >= 11 is 0. The van der Waals surface area contributed by atoms with E-state index in [1.807, 2.05) is 26.0 Å². The SMILES string of the molecule is Cc1c(C#N)cccc1[C@@H](C)Nc1nnc(C)c2cc(F)c(N3CCS(=O)(=O)CC3)cc12. The van der Waals surface area contributed by atoms with Gasteiger partial charge in [-0.15, -0.1) is 5.10 Å². The summed E-state index contributed by atoms with van der Waals surface area (Å²) in [5.41, 5.74) is 3.43. The van der Waals surface area contributed by atoms with E-state index in [1.54, 1.807) is 24.0 Å². The molecule has 1 atom stereocenters. The molecule has 1 aliphatic rings. The Kier molecular flexibility index (Phi) is 5.73. The van der Waals surface area contributed by atoms with Gasteiger partial charge in [-0.2, -0.15) is 10.4 Å². The van der Waals surface area contributed by atoms with Crippen molar-refractivity contribution in [3.63, 3.8) is 0 Å². The lowest BCUT2D eigenvalue weighted by Gasteiger charge is -2.29. The molecule has 2 heterocycles. The minimum absolute atomic E-state index is 0.00868. The molecule has 0 amide bonds. The summed E-state index contributed by atoms with van der Waals surface area (Å²) in [4.78, 5) is 1.76. The number of fused-ring (bicyclic) bond motifs is 1. The van der Waals surface area contributed by atoms with Crippen LogP contribution in [0.15, 0.2) is 30.3 Å². The molecular weight excluding hydrogens is 429 g/mol. The molecule has 3 aromatic rings. The average Bonchev–Trinajstić information content (AvgIpc) is 2.76. The van der Waals surface area contributed by atoms with Gasteiger partial charge in [-0.1, -0.05) is 12.1 Å². The van der Waals surface area contributed by atoms with Gasteiger partial charge in [0, 0.05) is 23.9 Å². The van der Waals surface area contributed by atoms with Crippen molar-refractivity contribution in [1.29, 1.82) is 5.26 Å². The van der Waals surface area contributed by atoms with Crippen molar-refractivity contribution in [3.05, 3.63) is 58.5 Å². The lowest BCUT2D eigenvalue weighted by molar-refractivity contribution is 0.582. The van der Waals surface area contributed by atoms with Gasteiger partial charge in [-0.05, 0) is 50.1 Å². The zero-order valence-corrected chi connectivity index (χ0v) is 19.0. The second kappa shape index (κ2) is 8.36. The van der Waals surface area contributed by atoms with E-state index in [0.717, 1.165) is 11.1 Å². The summed E-state index contributed by atoms with van der Waals surface area (Å²) in [6.07, 6.45) is 0. The van der Waals surface area contributed by atoms with Gasteiger partial charge in [0.1, 0.15) is 5.82 Å². The largest absolute Gasteiger partial charge is 0.367 e. The third-order valence-corrected chi connectivity index (χ3v) is 7.64. The molecule has 0 bridgehead atoms. The molecule has 1 N–H and O–H groups in total. The van der Waals surface area contributed by atoms with Crippen LogP contribution in [0.25, 0.3) is 10.8 Å². The van der Waals surface area contributed by atoms with E-state index in [9.17, 15) is 18.1 Å². The summed E-state index contributed by atoms with van der Waals surface area (Å²) < 4.78 is 38.5. The highest BCUT2D eigenvalue weighted by Gasteiger charge is 2.25. The molecule has 0 aliphatic carbocycles. The first-order chi connectivity index (χ1) is 15.2. The molecule has 1 saturated heterocycles. The Hall–Kier alpha value is -3.25. The quantitative estimate of drug-likeness (QED) is 0.643. The zero-order valence-electron chi connectivity index (χ0n) is 18.2. The second-order valence-electron chi connectivity index (χ2n) is 8.12. The number of aryl methyl sites for hydroxylation is 1. The number of hydrogen-bond acceptors (Lipinski definition) is 7. The van der Waals surface area contributed by atoms with Gasteiger partial charge in [0.25, 0.3) is 0 Å². The van der Waals surface area contributed by atoms with Gasteiger partial charge in [-0.3, -0.25) is 0 Å². The van der Waals surface area contributed by atoms with Gasteiger partial charge in [0.15, 0.2) is 15.7 Å². The maximum absolute atomic E-state index is 15.0. The fourth-order valence-electron chi connectivity index (χ4n) is 4.12. The molecule has 1 fully saturated rings. The Morgan fingerprint density at radius 3 is 2.56 bits per heavy atom. The first-order valence-electron chi connectivity index (χ1n) is 10.4. The average molecular weight is 454 g/mol. The lowest BCUT2D eigenvalue weighted by Crippen LogP contribution is -2.40. The number of hydrogen-bond donors (Lipinski definition) is 1. The molecule has 0 saturated carbocycles. The van der Waals surface area contributed by atoms with Gasteiger partial charge in [-0.25, -0.2) is 12.8 Å². The topological polar surface area (TPSA) is 99.0 Å². The van der Waals surface area contributed by atoms with Crippen molar-refractivity contribution in [2.24, 2.45) is 0 Å². The lowest BCUT2D eigenvalue weighted by atomic mass is 9.98. The van der Waals surface area contributed by atoms with E-state index in [4.69, 9.17) is 0 Å². The fraction of sp³-hybridized carbons (Fsp3) is 0.348. The maximum Gasteiger partial charge on any atom is 0.157 e. The highest BCUT2D eigenvalue weighted by molar-refractivity contribution is 7.91. The van der Waals surface area contributed by atoms with E-state index in [2.05, 4.69) is 21.6 Å². The Labute approximate surface area is 186 Å². The van der Waals surface area contributed by atoms with Crippen molar-refractivity contribution < 1.29 is 12.8 Å². The number of nitriles is 1. The highest BCUT2D eigenvalue weighted by atomic mass is 32.2. The Morgan fingerprint density at radius 1 is 1.16 bits per heavy atom. The van der Waals surface area contributed by atoms with E-state index >= 15 is 0 Å². The number of sulfone groups is 1. The molecule has 0 radical (unpaired) electrons. The zero-order chi connectivity index (χ0) is 23.0. The number of nitrogens with zero attached hydrogens (tertiary/aromatic N) is 4. The minimum atomic E-state index is -3.07. The maximum atomic E-state index is 15.0. The van der Waals surface area contributed by atoms with Gasteiger partial charge >= 0.3 is 0 Å². The Balaban J connectivity index is 1.74. The summed E-state index contributed by atoms with van der Waals surface area (Å²) in [5.74, 6) is 0.110. The summed E-state index contributed by atoms with van der Waals surface area (Å²) in [7, 11) is -3.07. The van der Waals surface area contributed by atoms with Gasteiger partial charge in [0.2, 0.25) is 0 Å². The molecule has 0 unspecified atom stereocenters. The molecule has 166 valence electrons. The first kappa shape index (κ1) is 22.0. The highest BCUT2D eigenvalue weighted by Crippen LogP contribution is 2.33. The molecule has 1 aromatic heterocycles. The van der Waals surface area contributed by atoms with E-state index in [-0.39, 0.29) is 30.6 Å². The van der Waals surface area contributed by atoms with Gasteiger partial charge in [0.05, 0.1) is 40.6 Å². The summed E-state index contributed by atoms with van der Waals surface area (Å²) in [5, 5.41) is 22.6. The molecule has 0 spiro atoms. The number of rotatable bonds is 4. The third-order valence-electron chi connectivity index (χ3n) is 6.03. The molecule has 7 nitrogen and oxygen atoms in total. The van der Waals surface area contributed by atoms with Crippen molar-refractivity contribution >= 4 is 32.1 Å². The molecular formula is C23H24FN5O2S. The van der Waals surface area contributed by atoms with Crippen LogP contribution in [0, 0.1) is 31.0 Å². The van der Waals surface area contributed by atoms with Crippen LogP contribution in [-0.4, -0.2) is 43.2 Å². The van der Waals surface area contributed by atoms with Crippen molar-refractivity contribution in [2.45, 2.75) is 26.8 Å². The number of halogens is 1. The smallest absolute Gasteiger partial charge is 0.157 e. The predicted molar refractivity (Wildman–Crippen MR) is 123 cm³/mol. The van der Waals surface area contributed by atoms with Crippen LogP contribution in [-0.2, 0) is 9.84 Å². The number of benzene rings is 2. The van der Waals surface area contributed by atoms with Crippen LogP contribution in [0.4, 0.5) is 15.9 Å². The normalized spacial score (nSPS) is 16.5. The predicted octanol–water partition coefficient (Wildman–Crippen LogP) is 3.67. The molecule has 1 aliphatic heterocycles. The Morgan fingerprint density at radius 2 is 1.88 bits per heavy atom. The standard InChI is InChI=1S/C23H24FN5O2S/c1-14-17(13-25)5-4-6-18(14)15(2)26-23-20-12-22(29-7-9-32(30,31)10-8-29)21(24)11-19(20)16(3)27-28-23/h4-6,11-12,15H,7-10H2,1-3H3,(H,26,28)/t15-/m1/s1. The van der Waals surface area contributed by atoms with Crippen LogP contribution in [0.2, 0.25) is 0 Å². The monoisotopic (exact) mass is 453 g/mol. The molecule has 2 aromatic carbocycles. The molecule has 9 heteroatoms. The van der Waals surface area contributed by atoms with Crippen LogP contribution < -0.4 is 10.2 Å². The van der Waals surface area contributed by atoms with Crippen LogP contribution >= 0.6 is 0 Å². The van der Waals surface area contributed by atoms with E-state index in [0.29, 0.717) is 33.5 Å². The fourth-order valence-corrected chi connectivity index (χ4v) is 5.32. The number of anilines is 2. The number of aromatic nitrogens is 2. The second-order valence-corrected chi connectivity index (χ2v) is 10.4.